The number of amides is 1. The first-order valence-corrected chi connectivity index (χ1v) is 11.0. The number of esters is 1. The summed E-state index contributed by atoms with van der Waals surface area (Å²) in [5.41, 5.74) is 3.44. The fourth-order valence-corrected chi connectivity index (χ4v) is 4.76. The van der Waals surface area contributed by atoms with E-state index in [2.05, 4.69) is 12.2 Å². The fourth-order valence-electron chi connectivity index (χ4n) is 4.76. The van der Waals surface area contributed by atoms with Crippen molar-refractivity contribution in [3.8, 4) is 0 Å². The number of para-hydroxylation sites is 1. The summed E-state index contributed by atoms with van der Waals surface area (Å²) in [5.74, 6) is -0.140. The third-order valence-electron chi connectivity index (χ3n) is 6.42. The standard InChI is InChI=1S/C24H30N2O3/c1-16-9-5-7-12-19(16)26-22(27)15-29-24(28)23-17-10-3-2-4-13-20(17)25-21-14-8-6-11-18(21)23/h6,8,11,14,16,19H,2-5,7,9-10,12-13,15H2,1H3,(H,26,27). The van der Waals surface area contributed by atoms with Crippen LogP contribution in [-0.2, 0) is 22.4 Å². The molecule has 1 saturated carbocycles. The second kappa shape index (κ2) is 8.93. The van der Waals surface area contributed by atoms with Gasteiger partial charge in [-0.2, -0.15) is 0 Å². The predicted molar refractivity (Wildman–Crippen MR) is 113 cm³/mol. The minimum absolute atomic E-state index is 0.188. The van der Waals surface area contributed by atoms with Gasteiger partial charge in [-0.3, -0.25) is 9.78 Å². The molecule has 1 aromatic heterocycles. The van der Waals surface area contributed by atoms with Gasteiger partial charge >= 0.3 is 5.97 Å². The topological polar surface area (TPSA) is 68.3 Å². The molecule has 1 fully saturated rings. The molecule has 0 bridgehead atoms. The van der Waals surface area contributed by atoms with E-state index >= 15 is 0 Å². The van der Waals surface area contributed by atoms with Gasteiger partial charge in [0, 0.05) is 17.1 Å². The molecule has 0 spiro atoms. The molecule has 2 atom stereocenters. The van der Waals surface area contributed by atoms with Gasteiger partial charge in [0.25, 0.3) is 5.91 Å². The Morgan fingerprint density at radius 1 is 1.07 bits per heavy atom. The molecule has 0 radical (unpaired) electrons. The molecule has 0 saturated heterocycles. The molecule has 1 heterocycles. The van der Waals surface area contributed by atoms with Crippen LogP contribution in [0.25, 0.3) is 10.9 Å². The van der Waals surface area contributed by atoms with Gasteiger partial charge in [0.2, 0.25) is 0 Å². The highest BCUT2D eigenvalue weighted by molar-refractivity contribution is 6.05. The van der Waals surface area contributed by atoms with Crippen LogP contribution in [0.1, 0.15) is 73.5 Å². The van der Waals surface area contributed by atoms with Crippen LogP contribution in [0, 0.1) is 5.92 Å². The van der Waals surface area contributed by atoms with E-state index in [1.165, 1.54) is 6.42 Å². The maximum atomic E-state index is 13.1. The molecule has 1 amide bonds. The molecule has 2 aliphatic carbocycles. The molecule has 5 nitrogen and oxygen atoms in total. The molecule has 0 aliphatic heterocycles. The number of carbonyl (C=O) groups excluding carboxylic acids is 2. The summed E-state index contributed by atoms with van der Waals surface area (Å²) >= 11 is 0. The molecule has 154 valence electrons. The Morgan fingerprint density at radius 3 is 2.72 bits per heavy atom. The van der Waals surface area contributed by atoms with Crippen molar-refractivity contribution in [2.45, 2.75) is 70.8 Å². The van der Waals surface area contributed by atoms with Crippen molar-refractivity contribution in [1.82, 2.24) is 10.3 Å². The minimum Gasteiger partial charge on any atom is -0.452 e. The number of aryl methyl sites for hydroxylation is 1. The van der Waals surface area contributed by atoms with Crippen LogP contribution in [0.3, 0.4) is 0 Å². The molecular weight excluding hydrogens is 364 g/mol. The van der Waals surface area contributed by atoms with E-state index in [1.54, 1.807) is 0 Å². The number of fused-ring (bicyclic) bond motifs is 2. The molecule has 1 aromatic carbocycles. The van der Waals surface area contributed by atoms with E-state index < -0.39 is 5.97 Å². The maximum absolute atomic E-state index is 13.1. The zero-order valence-corrected chi connectivity index (χ0v) is 17.2. The number of hydrogen-bond acceptors (Lipinski definition) is 4. The highest BCUT2D eigenvalue weighted by Crippen LogP contribution is 2.29. The lowest BCUT2D eigenvalue weighted by Crippen LogP contribution is -2.42. The number of pyridine rings is 1. The van der Waals surface area contributed by atoms with Crippen LogP contribution in [0.5, 0.6) is 0 Å². The number of hydrogen-bond donors (Lipinski definition) is 1. The summed E-state index contributed by atoms with van der Waals surface area (Å²) < 4.78 is 5.50. The third kappa shape index (κ3) is 4.44. The lowest BCUT2D eigenvalue weighted by molar-refractivity contribution is -0.125. The van der Waals surface area contributed by atoms with Crippen LogP contribution >= 0.6 is 0 Å². The van der Waals surface area contributed by atoms with Crippen molar-refractivity contribution in [3.63, 3.8) is 0 Å². The normalized spacial score (nSPS) is 21.8. The van der Waals surface area contributed by atoms with E-state index in [0.29, 0.717) is 11.5 Å². The number of nitrogens with zero attached hydrogens (tertiary/aromatic N) is 1. The average Bonchev–Trinajstić information content (AvgIpc) is 2.97. The SMILES string of the molecule is CC1CCCCC1NC(=O)COC(=O)c1c2c(nc3ccccc13)CCCCC2. The third-order valence-corrected chi connectivity index (χ3v) is 6.42. The Kier molecular flexibility index (Phi) is 6.12. The Hall–Kier alpha value is -2.43. The average molecular weight is 395 g/mol. The summed E-state index contributed by atoms with van der Waals surface area (Å²) in [5, 5.41) is 3.88. The summed E-state index contributed by atoms with van der Waals surface area (Å²) in [6, 6.07) is 7.91. The number of aromatic nitrogens is 1. The van der Waals surface area contributed by atoms with Crippen molar-refractivity contribution >= 4 is 22.8 Å². The molecular formula is C24H30N2O3. The Labute approximate surface area is 172 Å². The van der Waals surface area contributed by atoms with Gasteiger partial charge in [-0.15, -0.1) is 0 Å². The number of benzene rings is 1. The maximum Gasteiger partial charge on any atom is 0.339 e. The van der Waals surface area contributed by atoms with E-state index in [1.807, 2.05) is 24.3 Å². The monoisotopic (exact) mass is 394 g/mol. The largest absolute Gasteiger partial charge is 0.452 e. The highest BCUT2D eigenvalue weighted by atomic mass is 16.5. The highest BCUT2D eigenvalue weighted by Gasteiger charge is 2.25. The number of rotatable bonds is 4. The lowest BCUT2D eigenvalue weighted by Gasteiger charge is -2.29. The van der Waals surface area contributed by atoms with Crippen LogP contribution < -0.4 is 5.32 Å². The van der Waals surface area contributed by atoms with Gasteiger partial charge in [0.05, 0.1) is 11.1 Å². The van der Waals surface area contributed by atoms with Gasteiger partial charge in [-0.1, -0.05) is 44.4 Å². The van der Waals surface area contributed by atoms with Crippen molar-refractivity contribution in [2.75, 3.05) is 6.61 Å². The van der Waals surface area contributed by atoms with Gasteiger partial charge in [0.1, 0.15) is 0 Å². The molecule has 2 aliphatic rings. The van der Waals surface area contributed by atoms with Crippen molar-refractivity contribution < 1.29 is 14.3 Å². The van der Waals surface area contributed by atoms with Gasteiger partial charge in [-0.05, 0) is 56.1 Å². The van der Waals surface area contributed by atoms with Crippen LogP contribution in [0.4, 0.5) is 0 Å². The Bertz CT molecular complexity index is 908. The van der Waals surface area contributed by atoms with Crippen molar-refractivity contribution in [2.24, 2.45) is 5.92 Å². The molecule has 2 aromatic rings. The first kappa shape index (κ1) is 19.9. The Morgan fingerprint density at radius 2 is 1.86 bits per heavy atom. The van der Waals surface area contributed by atoms with Gasteiger partial charge in [-0.25, -0.2) is 4.79 Å². The zero-order chi connectivity index (χ0) is 20.2. The van der Waals surface area contributed by atoms with Gasteiger partial charge in [0.15, 0.2) is 6.61 Å². The van der Waals surface area contributed by atoms with E-state index in [9.17, 15) is 9.59 Å². The van der Waals surface area contributed by atoms with Crippen LogP contribution in [0.15, 0.2) is 24.3 Å². The van der Waals surface area contributed by atoms with E-state index in [0.717, 1.165) is 73.5 Å². The second-order valence-corrected chi connectivity index (χ2v) is 8.50. The smallest absolute Gasteiger partial charge is 0.339 e. The van der Waals surface area contributed by atoms with Crippen LogP contribution in [0.2, 0.25) is 0 Å². The molecule has 5 heteroatoms. The molecule has 1 N–H and O–H groups in total. The Balaban J connectivity index is 1.52. The summed E-state index contributed by atoms with van der Waals surface area (Å²) in [7, 11) is 0. The minimum atomic E-state index is -0.409. The first-order valence-electron chi connectivity index (χ1n) is 11.0. The fraction of sp³-hybridized carbons (Fsp3) is 0.542. The zero-order valence-electron chi connectivity index (χ0n) is 17.2. The van der Waals surface area contributed by atoms with Crippen LogP contribution in [-0.4, -0.2) is 29.5 Å². The quantitative estimate of drug-likeness (QED) is 0.618. The van der Waals surface area contributed by atoms with E-state index in [-0.39, 0.29) is 18.6 Å². The number of ether oxygens (including phenoxy) is 1. The molecule has 2 unspecified atom stereocenters. The first-order chi connectivity index (χ1) is 14.1. The summed E-state index contributed by atoms with van der Waals surface area (Å²) in [6.45, 7) is 1.95. The summed E-state index contributed by atoms with van der Waals surface area (Å²) in [6.07, 6.45) is 9.52. The number of nitrogens with one attached hydrogen (secondary N) is 1. The van der Waals surface area contributed by atoms with E-state index in [4.69, 9.17) is 9.72 Å². The van der Waals surface area contributed by atoms with Gasteiger partial charge < -0.3 is 10.1 Å². The van der Waals surface area contributed by atoms with Crippen molar-refractivity contribution in [1.29, 1.82) is 0 Å². The summed E-state index contributed by atoms with van der Waals surface area (Å²) in [4.78, 5) is 30.3. The number of carbonyl (C=O) groups is 2. The molecule has 29 heavy (non-hydrogen) atoms. The lowest BCUT2D eigenvalue weighted by atomic mass is 9.86. The van der Waals surface area contributed by atoms with Crippen molar-refractivity contribution in [3.05, 3.63) is 41.1 Å². The second-order valence-electron chi connectivity index (χ2n) is 8.50. The molecule has 4 rings (SSSR count). The predicted octanol–water partition coefficient (Wildman–Crippen LogP) is 4.36.